The quantitative estimate of drug-likeness (QED) is 0.353. The molecule has 41 heavy (non-hydrogen) atoms. The van der Waals surface area contributed by atoms with Crippen molar-refractivity contribution in [1.29, 1.82) is 0 Å². The Hall–Kier alpha value is -3.52. The van der Waals surface area contributed by atoms with Crippen LogP contribution < -0.4 is 10.6 Å². The fourth-order valence-electron chi connectivity index (χ4n) is 2.97. The van der Waals surface area contributed by atoms with Crippen molar-refractivity contribution in [2.45, 2.75) is 86.0 Å². The highest BCUT2D eigenvalue weighted by atomic mass is 16.4. The van der Waals surface area contributed by atoms with E-state index in [1.54, 1.807) is 21.1 Å². The van der Waals surface area contributed by atoms with E-state index >= 15 is 0 Å². The van der Waals surface area contributed by atoms with Gasteiger partial charge in [-0.1, -0.05) is 81.6 Å². The van der Waals surface area contributed by atoms with Crippen molar-refractivity contribution in [3.63, 3.8) is 0 Å². The summed E-state index contributed by atoms with van der Waals surface area (Å²) in [4.78, 5) is 39.3. The number of aryl methyl sites for hydroxylation is 2. The summed E-state index contributed by atoms with van der Waals surface area (Å²) in [6, 6.07) is 18.6. The first-order chi connectivity index (χ1) is 19.7. The van der Waals surface area contributed by atoms with Gasteiger partial charge >= 0.3 is 5.97 Å². The van der Waals surface area contributed by atoms with Gasteiger partial charge in [0.1, 0.15) is 12.6 Å². The second kappa shape index (κ2) is 36.5. The molecule has 1 heterocycles. The molecule has 1 amide bonds. The van der Waals surface area contributed by atoms with Gasteiger partial charge in [0.15, 0.2) is 0 Å². The van der Waals surface area contributed by atoms with E-state index in [-0.39, 0.29) is 18.6 Å². The lowest BCUT2D eigenvalue weighted by Gasteiger charge is -2.16. The number of carbonyl (C=O) groups is 4. The van der Waals surface area contributed by atoms with E-state index in [2.05, 4.69) is 59.5 Å². The van der Waals surface area contributed by atoms with E-state index in [4.69, 9.17) is 14.7 Å². The van der Waals surface area contributed by atoms with Crippen LogP contribution in [0.15, 0.2) is 54.6 Å². The fraction of sp³-hybridized carbons (Fsp3) is 0.515. The molecule has 8 nitrogen and oxygen atoms in total. The third-order valence-electron chi connectivity index (χ3n) is 5.08. The third-order valence-corrected chi connectivity index (χ3v) is 5.08. The number of ketones is 1. The van der Waals surface area contributed by atoms with Gasteiger partial charge in [-0.05, 0) is 57.2 Å². The van der Waals surface area contributed by atoms with Gasteiger partial charge < -0.3 is 30.1 Å². The Bertz CT molecular complexity index is 821. The minimum Gasteiger partial charge on any atom is -0.481 e. The van der Waals surface area contributed by atoms with E-state index in [0.717, 1.165) is 18.4 Å². The lowest BCUT2D eigenvalue weighted by Crippen LogP contribution is -2.16. The molecule has 0 unspecified atom stereocenters. The van der Waals surface area contributed by atoms with E-state index in [1.165, 1.54) is 50.0 Å². The number of aliphatic carboxylic acids is 1. The average Bonchev–Trinajstić information content (AvgIpc) is 3.51. The highest BCUT2D eigenvalue weighted by molar-refractivity contribution is 5.75. The Morgan fingerprint density at radius 3 is 1.66 bits per heavy atom. The SMILES string of the molecule is C=O.CCCC.CCCC(C)=O.COC.Cc1ccc(CCC(=O)O)cc1.NC=O.c1ccc(N2CCCC2)cc1. The first-order valence-corrected chi connectivity index (χ1v) is 14.1. The molecule has 3 rings (SSSR count). The number of unbranched alkanes of at least 4 members (excludes halogenated alkanes) is 1. The number of para-hydroxylation sites is 1. The Morgan fingerprint density at radius 2 is 1.34 bits per heavy atom. The van der Waals surface area contributed by atoms with Crippen LogP contribution in [0.3, 0.4) is 0 Å². The predicted octanol–water partition coefficient (Wildman–Crippen LogP) is 6.66. The van der Waals surface area contributed by atoms with Crippen LogP contribution in [0.5, 0.6) is 0 Å². The Kier molecular flexibility index (Phi) is 39.6. The van der Waals surface area contributed by atoms with Crippen LogP contribution in [-0.4, -0.2) is 57.4 Å². The summed E-state index contributed by atoms with van der Waals surface area (Å²) in [5.41, 5.74) is 7.84. The molecule has 2 aromatic carbocycles. The van der Waals surface area contributed by atoms with E-state index < -0.39 is 5.97 Å². The van der Waals surface area contributed by atoms with Gasteiger partial charge in [-0.15, -0.1) is 0 Å². The van der Waals surface area contributed by atoms with Crippen molar-refractivity contribution in [2.24, 2.45) is 5.73 Å². The minimum absolute atomic E-state index is 0.211. The molecule has 0 radical (unpaired) electrons. The van der Waals surface area contributed by atoms with Crippen LogP contribution in [-0.2, 0) is 30.3 Å². The van der Waals surface area contributed by atoms with Gasteiger partial charge in [0.25, 0.3) is 0 Å². The number of anilines is 1. The fourth-order valence-corrected chi connectivity index (χ4v) is 2.97. The first-order valence-electron chi connectivity index (χ1n) is 14.1. The third kappa shape index (κ3) is 36.5. The highest BCUT2D eigenvalue weighted by Gasteiger charge is 2.10. The number of rotatable bonds is 7. The number of amides is 1. The van der Waals surface area contributed by atoms with E-state index in [9.17, 15) is 9.59 Å². The molecule has 1 aliphatic rings. The number of primary amides is 1. The molecule has 8 heteroatoms. The second-order valence-electron chi connectivity index (χ2n) is 8.91. The summed E-state index contributed by atoms with van der Waals surface area (Å²) >= 11 is 0. The number of nitrogens with two attached hydrogens (primary N) is 1. The number of ether oxygens (including phenoxy) is 1. The summed E-state index contributed by atoms with van der Waals surface area (Å²) in [5, 5.41) is 8.43. The lowest BCUT2D eigenvalue weighted by molar-refractivity contribution is -0.137. The van der Waals surface area contributed by atoms with Gasteiger partial charge in [0.2, 0.25) is 6.41 Å². The molecule has 0 aliphatic carbocycles. The van der Waals surface area contributed by atoms with Crippen LogP contribution in [0.1, 0.15) is 83.8 Å². The second-order valence-corrected chi connectivity index (χ2v) is 8.91. The largest absolute Gasteiger partial charge is 0.481 e. The van der Waals surface area contributed by atoms with Crippen molar-refractivity contribution in [1.82, 2.24) is 0 Å². The number of hydrogen-bond donors (Lipinski definition) is 2. The maximum atomic E-state index is 10.2. The highest BCUT2D eigenvalue weighted by Crippen LogP contribution is 2.18. The molecule has 0 bridgehead atoms. The molecule has 0 spiro atoms. The van der Waals surface area contributed by atoms with Gasteiger partial charge in [-0.2, -0.15) is 0 Å². The standard InChI is InChI=1S/C10H13N.C10H12O2.C5H10O.C4H10.C2H6O.CH3NO.CH2O/c1-2-6-10(7-3-1)11-8-4-5-9-11;1-8-2-4-9(5-3-8)6-7-10(11)12;1-3-4-5(2)6;1-3-4-2;1-3-2;2-1-3;1-2/h1-3,6-7H,4-5,8-9H2;2-5H,6-7H2,1H3,(H,11,12);3-4H2,1-2H3;3-4H2,1-2H3;1-2H3;1H,(H2,2,3);1H2. The van der Waals surface area contributed by atoms with Crippen LogP contribution in [0.2, 0.25) is 0 Å². The molecular formula is C33H56N2O6. The van der Waals surface area contributed by atoms with Gasteiger partial charge in [-0.25, -0.2) is 0 Å². The van der Waals surface area contributed by atoms with Crippen LogP contribution in [0.25, 0.3) is 0 Å². The molecule has 3 N–H and O–H groups in total. The maximum Gasteiger partial charge on any atom is 0.303 e. The van der Waals surface area contributed by atoms with Crippen LogP contribution >= 0.6 is 0 Å². The number of benzene rings is 2. The summed E-state index contributed by atoms with van der Waals surface area (Å²) in [5.74, 6) is -0.451. The summed E-state index contributed by atoms with van der Waals surface area (Å²) in [7, 11) is 3.25. The minimum atomic E-state index is -0.740. The number of carbonyl (C=O) groups excluding carboxylic acids is 3. The first kappa shape index (κ1) is 44.5. The van der Waals surface area contributed by atoms with Crippen molar-refractivity contribution in [3.8, 4) is 0 Å². The van der Waals surface area contributed by atoms with Gasteiger partial charge in [-0.3, -0.25) is 9.59 Å². The smallest absolute Gasteiger partial charge is 0.303 e. The number of carboxylic acids is 1. The van der Waals surface area contributed by atoms with Crippen molar-refractivity contribution >= 4 is 30.6 Å². The average molecular weight is 577 g/mol. The zero-order valence-corrected chi connectivity index (χ0v) is 26.6. The molecule has 1 fully saturated rings. The molecular weight excluding hydrogens is 520 g/mol. The number of Topliss-reactive ketones (excluding diaryl/α,β-unsaturated/α-hetero) is 1. The Morgan fingerprint density at radius 1 is 0.902 bits per heavy atom. The zero-order valence-electron chi connectivity index (χ0n) is 26.6. The van der Waals surface area contributed by atoms with Crippen molar-refractivity contribution in [3.05, 3.63) is 65.7 Å². The van der Waals surface area contributed by atoms with E-state index in [1.807, 2.05) is 44.9 Å². The lowest BCUT2D eigenvalue weighted by atomic mass is 10.1. The maximum absolute atomic E-state index is 10.2. The van der Waals surface area contributed by atoms with Gasteiger partial charge in [0, 0.05) is 45.8 Å². The summed E-state index contributed by atoms with van der Waals surface area (Å²) in [6.07, 6.45) is 8.15. The summed E-state index contributed by atoms with van der Waals surface area (Å²) in [6.45, 7) is 14.5. The molecule has 0 atom stereocenters. The van der Waals surface area contributed by atoms with E-state index in [0.29, 0.717) is 6.42 Å². The van der Waals surface area contributed by atoms with Crippen LogP contribution in [0.4, 0.5) is 5.69 Å². The van der Waals surface area contributed by atoms with Crippen molar-refractivity contribution in [2.75, 3.05) is 32.2 Å². The number of hydrogen-bond acceptors (Lipinski definition) is 6. The molecule has 2 aromatic rings. The molecule has 0 aromatic heterocycles. The van der Waals surface area contributed by atoms with Gasteiger partial charge in [0.05, 0.1) is 0 Å². The molecule has 1 saturated heterocycles. The zero-order chi connectivity index (χ0) is 32.3. The number of methoxy groups -OCH3 is 1. The number of nitrogens with zero attached hydrogens (tertiary/aromatic N) is 1. The van der Waals surface area contributed by atoms with Crippen LogP contribution in [0, 0.1) is 6.92 Å². The Labute approximate surface area is 249 Å². The Balaban J connectivity index is -0.000000216. The predicted molar refractivity (Wildman–Crippen MR) is 172 cm³/mol. The molecule has 0 saturated carbocycles. The monoisotopic (exact) mass is 576 g/mol. The normalized spacial score (nSPS) is 10.3. The molecule has 234 valence electrons. The number of carboxylic acid groups (broad SMARTS) is 1. The molecule has 1 aliphatic heterocycles. The van der Waals surface area contributed by atoms with Crippen molar-refractivity contribution < 1.29 is 29.0 Å². The topological polar surface area (TPSA) is 127 Å². The summed E-state index contributed by atoms with van der Waals surface area (Å²) < 4.78 is 4.25.